The predicted octanol–water partition coefficient (Wildman–Crippen LogP) is 2.10. The Morgan fingerprint density at radius 3 is 2.47 bits per heavy atom. The molecule has 1 rings (SSSR count). The van der Waals surface area contributed by atoms with E-state index in [0.717, 1.165) is 0 Å². The lowest BCUT2D eigenvalue weighted by Gasteiger charge is -2.08. The van der Waals surface area contributed by atoms with Crippen molar-refractivity contribution in [1.29, 1.82) is 0 Å². The largest absolute Gasteiger partial charge is 0.458 e. The Morgan fingerprint density at radius 1 is 1.33 bits per heavy atom. The Bertz CT molecular complexity index is 348. The van der Waals surface area contributed by atoms with Crippen molar-refractivity contribution >= 4 is 23.4 Å². The smallest absolute Gasteiger partial charge is 0.303 e. The van der Waals surface area contributed by atoms with Crippen molar-refractivity contribution in [3.05, 3.63) is 35.9 Å². The van der Waals surface area contributed by atoms with Crippen molar-refractivity contribution in [1.82, 2.24) is 0 Å². The fraction of sp³-hybridized carbons (Fsp3) is 0.273. The summed E-state index contributed by atoms with van der Waals surface area (Å²) in [6, 6.07) is 8.93. The van der Waals surface area contributed by atoms with Gasteiger partial charge >= 0.3 is 5.97 Å². The van der Waals surface area contributed by atoms with Crippen LogP contribution < -0.4 is 0 Å². The first kappa shape index (κ1) is 11.7. The molecule has 0 aliphatic rings. The first-order valence-electron chi connectivity index (χ1n) is 4.46. The highest BCUT2D eigenvalue weighted by Crippen LogP contribution is 2.20. The van der Waals surface area contributed by atoms with E-state index in [4.69, 9.17) is 11.6 Å². The molecule has 80 valence electrons. The molecule has 0 saturated heterocycles. The highest BCUT2D eigenvalue weighted by Gasteiger charge is 2.17. The van der Waals surface area contributed by atoms with Crippen molar-refractivity contribution in [2.24, 2.45) is 0 Å². The molecule has 0 fully saturated rings. The number of esters is 1. The van der Waals surface area contributed by atoms with Gasteiger partial charge in [-0.25, -0.2) is 0 Å². The number of ketones is 1. The Labute approximate surface area is 93.0 Å². The summed E-state index contributed by atoms with van der Waals surface area (Å²) >= 11 is 5.90. The molecule has 3 nitrogen and oxygen atoms in total. The van der Waals surface area contributed by atoms with Crippen LogP contribution in [0.5, 0.6) is 0 Å². The topological polar surface area (TPSA) is 43.4 Å². The van der Waals surface area contributed by atoms with Crippen LogP contribution in [0.4, 0.5) is 0 Å². The number of hydrogen-bond acceptors (Lipinski definition) is 3. The van der Waals surface area contributed by atoms with Gasteiger partial charge in [-0.1, -0.05) is 30.3 Å². The van der Waals surface area contributed by atoms with Crippen LogP contribution in [-0.4, -0.2) is 18.4 Å². The number of ether oxygens (including phenoxy) is 1. The second kappa shape index (κ2) is 5.51. The molecule has 1 aromatic rings. The molecule has 0 amide bonds. The summed E-state index contributed by atoms with van der Waals surface area (Å²) in [6.07, 6.45) is 0. The molecule has 15 heavy (non-hydrogen) atoms. The third-order valence-corrected chi connectivity index (χ3v) is 2.29. The normalized spacial score (nSPS) is 11.9. The molecule has 0 spiro atoms. The number of alkyl halides is 1. The maximum atomic E-state index is 11.4. The quantitative estimate of drug-likeness (QED) is 0.583. The Balaban J connectivity index is 2.57. The molecule has 0 aliphatic heterocycles. The molecule has 0 bridgehead atoms. The van der Waals surface area contributed by atoms with Crippen LogP contribution >= 0.6 is 11.6 Å². The lowest BCUT2D eigenvalue weighted by Crippen LogP contribution is -2.16. The summed E-state index contributed by atoms with van der Waals surface area (Å²) in [5, 5.41) is -0.759. The second-order valence-corrected chi connectivity index (χ2v) is 3.46. The van der Waals surface area contributed by atoms with E-state index in [2.05, 4.69) is 4.74 Å². The van der Waals surface area contributed by atoms with Crippen LogP contribution in [0.15, 0.2) is 30.3 Å². The van der Waals surface area contributed by atoms with Gasteiger partial charge in [0.2, 0.25) is 0 Å². The molecule has 1 unspecified atom stereocenters. The Hall–Kier alpha value is -1.35. The maximum absolute atomic E-state index is 11.4. The minimum absolute atomic E-state index is 0.279. The number of rotatable bonds is 4. The SMILES string of the molecule is CC(=O)OCC(=O)C(Cl)c1ccccc1. The zero-order chi connectivity index (χ0) is 11.3. The van der Waals surface area contributed by atoms with Gasteiger partial charge in [0.05, 0.1) is 0 Å². The number of halogens is 1. The second-order valence-electron chi connectivity index (χ2n) is 3.02. The zero-order valence-electron chi connectivity index (χ0n) is 8.27. The summed E-state index contributed by atoms with van der Waals surface area (Å²) in [5.74, 6) is -0.807. The summed E-state index contributed by atoms with van der Waals surface area (Å²) in [7, 11) is 0. The number of benzene rings is 1. The van der Waals surface area contributed by atoms with Gasteiger partial charge in [0.1, 0.15) is 5.38 Å². The van der Waals surface area contributed by atoms with Crippen LogP contribution in [0, 0.1) is 0 Å². The third kappa shape index (κ3) is 3.72. The average molecular weight is 227 g/mol. The fourth-order valence-electron chi connectivity index (χ4n) is 1.05. The van der Waals surface area contributed by atoms with Crippen molar-refractivity contribution in [2.75, 3.05) is 6.61 Å². The molecule has 0 aromatic heterocycles. The van der Waals surface area contributed by atoms with Crippen LogP contribution in [0.1, 0.15) is 17.9 Å². The molecule has 0 N–H and O–H groups in total. The molecule has 0 saturated carbocycles. The molecular weight excluding hydrogens is 216 g/mol. The van der Waals surface area contributed by atoms with E-state index < -0.39 is 11.3 Å². The highest BCUT2D eigenvalue weighted by atomic mass is 35.5. The molecule has 1 atom stereocenters. The summed E-state index contributed by atoms with van der Waals surface area (Å²) < 4.78 is 4.57. The Morgan fingerprint density at radius 2 is 1.93 bits per heavy atom. The van der Waals surface area contributed by atoms with Gasteiger partial charge in [0.25, 0.3) is 0 Å². The molecule has 1 aromatic carbocycles. The van der Waals surface area contributed by atoms with E-state index in [1.165, 1.54) is 6.92 Å². The number of Topliss-reactive ketones (excluding diaryl/α,β-unsaturated/α-hetero) is 1. The Kier molecular flexibility index (Phi) is 4.31. The first-order valence-corrected chi connectivity index (χ1v) is 4.90. The third-order valence-electron chi connectivity index (χ3n) is 1.79. The number of carbonyl (C=O) groups excluding carboxylic acids is 2. The van der Waals surface area contributed by atoms with Gasteiger partial charge in [0.15, 0.2) is 12.4 Å². The highest BCUT2D eigenvalue weighted by molar-refractivity contribution is 6.31. The summed E-state index contributed by atoms with van der Waals surface area (Å²) in [4.78, 5) is 21.9. The molecule has 0 heterocycles. The first-order chi connectivity index (χ1) is 7.11. The van der Waals surface area contributed by atoms with Crippen LogP contribution in [0.25, 0.3) is 0 Å². The maximum Gasteiger partial charge on any atom is 0.303 e. The van der Waals surface area contributed by atoms with Crippen molar-refractivity contribution in [2.45, 2.75) is 12.3 Å². The van der Waals surface area contributed by atoms with Crippen molar-refractivity contribution in [3.63, 3.8) is 0 Å². The summed E-state index contributed by atoms with van der Waals surface area (Å²) in [6.45, 7) is 0.970. The van der Waals surface area contributed by atoms with Gasteiger partial charge < -0.3 is 4.74 Å². The zero-order valence-corrected chi connectivity index (χ0v) is 9.03. The van der Waals surface area contributed by atoms with Gasteiger partial charge in [-0.3, -0.25) is 9.59 Å². The predicted molar refractivity (Wildman–Crippen MR) is 56.7 cm³/mol. The number of hydrogen-bond donors (Lipinski definition) is 0. The molecule has 0 aliphatic carbocycles. The van der Waals surface area contributed by atoms with E-state index in [9.17, 15) is 9.59 Å². The lowest BCUT2D eigenvalue weighted by molar-refractivity contribution is -0.145. The lowest BCUT2D eigenvalue weighted by atomic mass is 10.1. The molecule has 0 radical (unpaired) electrons. The van der Waals surface area contributed by atoms with Gasteiger partial charge in [-0.15, -0.1) is 11.6 Å². The molecule has 4 heteroatoms. The van der Waals surface area contributed by atoms with Crippen molar-refractivity contribution in [3.8, 4) is 0 Å². The van der Waals surface area contributed by atoms with E-state index in [1.807, 2.05) is 6.07 Å². The minimum Gasteiger partial charge on any atom is -0.458 e. The van der Waals surface area contributed by atoms with Gasteiger partial charge in [0, 0.05) is 6.92 Å². The minimum atomic E-state index is -0.759. The summed E-state index contributed by atoms with van der Waals surface area (Å²) in [5.41, 5.74) is 0.705. The van der Waals surface area contributed by atoms with Crippen LogP contribution in [0.3, 0.4) is 0 Å². The van der Waals surface area contributed by atoms with Crippen molar-refractivity contribution < 1.29 is 14.3 Å². The fourth-order valence-corrected chi connectivity index (χ4v) is 1.26. The van der Waals surface area contributed by atoms with E-state index in [-0.39, 0.29) is 12.4 Å². The molecular formula is C11H11ClO3. The standard InChI is InChI=1S/C11H11ClO3/c1-8(13)15-7-10(14)11(12)9-5-3-2-4-6-9/h2-6,11H,7H2,1H3. The van der Waals surface area contributed by atoms with E-state index >= 15 is 0 Å². The van der Waals surface area contributed by atoms with E-state index in [1.54, 1.807) is 24.3 Å². The monoisotopic (exact) mass is 226 g/mol. The van der Waals surface area contributed by atoms with Gasteiger partial charge in [-0.05, 0) is 5.56 Å². The van der Waals surface area contributed by atoms with Gasteiger partial charge in [-0.2, -0.15) is 0 Å². The number of carbonyl (C=O) groups is 2. The van der Waals surface area contributed by atoms with E-state index in [0.29, 0.717) is 5.56 Å². The van der Waals surface area contributed by atoms with Crippen LogP contribution in [-0.2, 0) is 14.3 Å². The van der Waals surface area contributed by atoms with Crippen LogP contribution in [0.2, 0.25) is 0 Å². The average Bonchev–Trinajstić information content (AvgIpc) is 2.26.